The Morgan fingerprint density at radius 3 is 2.39 bits per heavy atom. The largest absolute Gasteiger partial charge is 0.330 e. The van der Waals surface area contributed by atoms with Gasteiger partial charge in [0.15, 0.2) is 0 Å². The third-order valence-corrected chi connectivity index (χ3v) is 9.50. The molecule has 1 atom stereocenters. The number of carbonyl (C=O) groups excluding carboxylic acids is 1. The van der Waals surface area contributed by atoms with Crippen LogP contribution in [0.2, 0.25) is 0 Å². The van der Waals surface area contributed by atoms with Crippen molar-refractivity contribution in [2.24, 2.45) is 0 Å². The molecule has 2 heterocycles. The van der Waals surface area contributed by atoms with E-state index in [9.17, 15) is 13.2 Å². The van der Waals surface area contributed by atoms with Gasteiger partial charge in [-0.2, -0.15) is 4.31 Å². The van der Waals surface area contributed by atoms with Gasteiger partial charge in [-0.3, -0.25) is 4.79 Å². The molecule has 0 spiro atoms. The van der Waals surface area contributed by atoms with Gasteiger partial charge >= 0.3 is 0 Å². The molecule has 0 saturated heterocycles. The second-order valence-electron chi connectivity index (χ2n) is 10.3. The van der Waals surface area contributed by atoms with Gasteiger partial charge in [-0.05, 0) is 59.0 Å². The second kappa shape index (κ2) is 10.3. The summed E-state index contributed by atoms with van der Waals surface area (Å²) in [4.78, 5) is 17.0. The molecule has 5 nitrogen and oxygen atoms in total. The molecule has 4 rings (SSSR count). The number of nitrogens with zero attached hydrogens (tertiary/aromatic N) is 2. The number of benzene rings is 2. The zero-order valence-corrected chi connectivity index (χ0v) is 23.0. The third kappa shape index (κ3) is 5.33. The molecule has 0 saturated carbocycles. The minimum Gasteiger partial charge on any atom is -0.330 e. The lowest BCUT2D eigenvalue weighted by Gasteiger charge is -2.37. The lowest BCUT2D eigenvalue weighted by molar-refractivity contribution is -0.133. The van der Waals surface area contributed by atoms with Gasteiger partial charge in [0.1, 0.15) is 0 Å². The maximum Gasteiger partial charge on any atom is 0.243 e. The lowest BCUT2D eigenvalue weighted by Crippen LogP contribution is -2.46. The fourth-order valence-corrected chi connectivity index (χ4v) is 6.87. The van der Waals surface area contributed by atoms with Crippen LogP contribution in [0.25, 0.3) is 0 Å². The first-order valence-corrected chi connectivity index (χ1v) is 14.5. The molecule has 0 fully saturated rings. The Labute approximate surface area is 219 Å². The van der Waals surface area contributed by atoms with Gasteiger partial charge < -0.3 is 4.90 Å². The zero-order chi connectivity index (χ0) is 26.1. The standard InChI is InChI=1S/C29H34N2O3S2/c1-6-17-30(36(33,34)24-13-7-21(2)8-14-24)20-27(32)31-18-15-26-25(16-19-35-26)28(31)22-9-11-23(12-10-22)29(3,4)5/h6-14,16,19,28H,1,15,17-18,20H2,2-5H3. The van der Waals surface area contributed by atoms with Crippen LogP contribution in [0.1, 0.15) is 53.9 Å². The van der Waals surface area contributed by atoms with Gasteiger partial charge in [0.05, 0.1) is 17.5 Å². The van der Waals surface area contributed by atoms with E-state index in [1.165, 1.54) is 20.8 Å². The summed E-state index contributed by atoms with van der Waals surface area (Å²) >= 11 is 1.71. The predicted molar refractivity (Wildman–Crippen MR) is 147 cm³/mol. The van der Waals surface area contributed by atoms with Crippen LogP contribution in [0, 0.1) is 6.92 Å². The smallest absolute Gasteiger partial charge is 0.243 e. The van der Waals surface area contributed by atoms with E-state index in [0.717, 1.165) is 23.1 Å². The van der Waals surface area contributed by atoms with E-state index in [-0.39, 0.29) is 35.3 Å². The molecule has 1 aromatic heterocycles. The number of rotatable bonds is 7. The molecule has 0 radical (unpaired) electrons. The van der Waals surface area contributed by atoms with Crippen molar-refractivity contribution in [1.29, 1.82) is 0 Å². The summed E-state index contributed by atoms with van der Waals surface area (Å²) in [5.74, 6) is -0.214. The minimum absolute atomic E-state index is 0.0314. The topological polar surface area (TPSA) is 57.7 Å². The number of sulfonamides is 1. The van der Waals surface area contributed by atoms with E-state index in [4.69, 9.17) is 0 Å². The molecular formula is C29H34N2O3S2. The number of hydrogen-bond donors (Lipinski definition) is 0. The summed E-state index contributed by atoms with van der Waals surface area (Å²) in [5, 5.41) is 2.07. The van der Waals surface area contributed by atoms with Crippen molar-refractivity contribution in [2.75, 3.05) is 19.6 Å². The third-order valence-electron chi connectivity index (χ3n) is 6.68. The first-order chi connectivity index (χ1) is 17.0. The van der Waals surface area contributed by atoms with Gasteiger partial charge in [-0.1, -0.05) is 68.8 Å². The van der Waals surface area contributed by atoms with Crippen molar-refractivity contribution in [2.45, 2.75) is 50.5 Å². The highest BCUT2D eigenvalue weighted by Crippen LogP contribution is 2.38. The lowest BCUT2D eigenvalue weighted by atomic mass is 9.85. The summed E-state index contributed by atoms with van der Waals surface area (Å²) in [6, 6.07) is 17.0. The molecular weight excluding hydrogens is 488 g/mol. The van der Waals surface area contributed by atoms with Crippen molar-refractivity contribution >= 4 is 27.3 Å². The van der Waals surface area contributed by atoms with E-state index >= 15 is 0 Å². The SMILES string of the molecule is C=CCN(CC(=O)N1CCc2sccc2C1c1ccc(C(C)(C)C)cc1)S(=O)(=O)c1ccc(C)cc1. The molecule has 36 heavy (non-hydrogen) atoms. The Morgan fingerprint density at radius 2 is 1.78 bits per heavy atom. The average molecular weight is 523 g/mol. The molecule has 1 aliphatic heterocycles. The maximum atomic E-state index is 13.7. The van der Waals surface area contributed by atoms with Crippen LogP contribution in [0.4, 0.5) is 0 Å². The number of fused-ring (bicyclic) bond motifs is 1. The Morgan fingerprint density at radius 1 is 1.11 bits per heavy atom. The number of amides is 1. The molecule has 0 N–H and O–H groups in total. The van der Waals surface area contributed by atoms with Gasteiger partial charge in [0.2, 0.25) is 15.9 Å². The highest BCUT2D eigenvalue weighted by atomic mass is 32.2. The van der Waals surface area contributed by atoms with Gasteiger partial charge in [0.25, 0.3) is 0 Å². The van der Waals surface area contributed by atoms with Crippen molar-refractivity contribution in [3.63, 3.8) is 0 Å². The summed E-state index contributed by atoms with van der Waals surface area (Å²) in [5.41, 5.74) is 4.39. The first kappa shape index (κ1) is 26.3. The fraction of sp³-hybridized carbons (Fsp3) is 0.345. The second-order valence-corrected chi connectivity index (χ2v) is 13.2. The summed E-state index contributed by atoms with van der Waals surface area (Å²) in [6.45, 7) is 12.5. The molecule has 190 valence electrons. The maximum absolute atomic E-state index is 13.7. The highest BCUT2D eigenvalue weighted by molar-refractivity contribution is 7.89. The van der Waals surface area contributed by atoms with Crippen LogP contribution in [-0.2, 0) is 26.7 Å². The van der Waals surface area contributed by atoms with Crippen LogP contribution in [0.5, 0.6) is 0 Å². The van der Waals surface area contributed by atoms with E-state index in [0.29, 0.717) is 6.54 Å². The van der Waals surface area contributed by atoms with Gasteiger partial charge in [-0.15, -0.1) is 17.9 Å². The van der Waals surface area contributed by atoms with Gasteiger partial charge in [0, 0.05) is 18.0 Å². The highest BCUT2D eigenvalue weighted by Gasteiger charge is 2.35. The Kier molecular flexibility index (Phi) is 7.55. The number of thiophene rings is 1. The number of aryl methyl sites for hydroxylation is 1. The first-order valence-electron chi connectivity index (χ1n) is 12.2. The molecule has 0 aliphatic carbocycles. The molecule has 1 aliphatic rings. The van der Waals surface area contributed by atoms with Crippen LogP contribution in [-0.4, -0.2) is 43.2 Å². The Bertz CT molecular complexity index is 1330. The molecule has 0 bridgehead atoms. The predicted octanol–water partition coefficient (Wildman–Crippen LogP) is 5.71. The average Bonchev–Trinajstić information content (AvgIpc) is 3.32. The number of carbonyl (C=O) groups is 1. The normalized spacial score (nSPS) is 16.1. The fourth-order valence-electron chi connectivity index (χ4n) is 4.60. The Balaban J connectivity index is 1.66. The molecule has 1 amide bonds. The molecule has 2 aromatic carbocycles. The molecule has 1 unspecified atom stereocenters. The summed E-state index contributed by atoms with van der Waals surface area (Å²) < 4.78 is 28.0. The van der Waals surface area contributed by atoms with Crippen LogP contribution < -0.4 is 0 Å². The quantitative estimate of drug-likeness (QED) is 0.374. The van der Waals surface area contributed by atoms with Crippen molar-refractivity contribution in [3.8, 4) is 0 Å². The van der Waals surface area contributed by atoms with E-state index in [1.807, 2.05) is 11.8 Å². The van der Waals surface area contributed by atoms with E-state index < -0.39 is 10.0 Å². The van der Waals surface area contributed by atoms with Crippen LogP contribution in [0.3, 0.4) is 0 Å². The van der Waals surface area contributed by atoms with Gasteiger partial charge in [-0.25, -0.2) is 8.42 Å². The van der Waals surface area contributed by atoms with Crippen molar-refractivity contribution < 1.29 is 13.2 Å². The summed E-state index contributed by atoms with van der Waals surface area (Å²) in [7, 11) is -3.85. The minimum atomic E-state index is -3.85. The van der Waals surface area contributed by atoms with E-state index in [2.05, 4.69) is 63.1 Å². The van der Waals surface area contributed by atoms with Crippen molar-refractivity contribution in [3.05, 3.63) is 99.8 Å². The zero-order valence-electron chi connectivity index (χ0n) is 21.4. The number of hydrogen-bond acceptors (Lipinski definition) is 4. The molecule has 7 heteroatoms. The van der Waals surface area contributed by atoms with Crippen LogP contribution in [0.15, 0.2) is 77.5 Å². The monoisotopic (exact) mass is 522 g/mol. The van der Waals surface area contributed by atoms with Crippen molar-refractivity contribution in [1.82, 2.24) is 9.21 Å². The summed E-state index contributed by atoms with van der Waals surface area (Å²) in [6.07, 6.45) is 2.29. The van der Waals surface area contributed by atoms with E-state index in [1.54, 1.807) is 35.6 Å². The Hall–Kier alpha value is -2.74. The van der Waals surface area contributed by atoms with Crippen LogP contribution >= 0.6 is 11.3 Å². The molecule has 3 aromatic rings.